The number of aliphatic hydroxyl groups excluding tert-OH is 1. The van der Waals surface area contributed by atoms with Gasteiger partial charge in [0.05, 0.1) is 6.61 Å². The third-order valence-corrected chi connectivity index (χ3v) is 3.06. The third-order valence-electron chi connectivity index (χ3n) is 3.06. The van der Waals surface area contributed by atoms with Crippen molar-refractivity contribution in [3.63, 3.8) is 0 Å². The molecule has 2 aliphatic rings. The van der Waals surface area contributed by atoms with Crippen LogP contribution in [0.15, 0.2) is 0 Å². The summed E-state index contributed by atoms with van der Waals surface area (Å²) in [6.07, 6.45) is 1.93. The summed E-state index contributed by atoms with van der Waals surface area (Å²) in [5.41, 5.74) is -0.167. The zero-order valence-corrected chi connectivity index (χ0v) is 6.59. The molecule has 2 atom stereocenters. The Balaban J connectivity index is 2.15. The largest absolute Gasteiger partial charge is 0.394 e. The van der Waals surface area contributed by atoms with E-state index in [0.29, 0.717) is 13.0 Å². The lowest BCUT2D eigenvalue weighted by Gasteiger charge is -2.28. The summed E-state index contributed by atoms with van der Waals surface area (Å²) in [6.45, 7) is 1.65. The van der Waals surface area contributed by atoms with Crippen molar-refractivity contribution in [1.29, 1.82) is 0 Å². The van der Waals surface area contributed by atoms with Gasteiger partial charge in [0.1, 0.15) is 6.17 Å². The maximum absolute atomic E-state index is 12.9. The Morgan fingerprint density at radius 2 is 2.45 bits per heavy atom. The Labute approximate surface area is 66.0 Å². The van der Waals surface area contributed by atoms with Crippen molar-refractivity contribution in [2.45, 2.75) is 31.0 Å². The second kappa shape index (κ2) is 2.42. The number of nitrogens with zero attached hydrogens (tertiary/aromatic N) is 1. The molecule has 2 heterocycles. The lowest BCUT2D eigenvalue weighted by atomic mass is 9.95. The molecular weight excluding hydrogens is 145 g/mol. The molecule has 0 bridgehead atoms. The van der Waals surface area contributed by atoms with Crippen LogP contribution in [-0.2, 0) is 0 Å². The van der Waals surface area contributed by atoms with Crippen LogP contribution in [0.3, 0.4) is 0 Å². The minimum Gasteiger partial charge on any atom is -0.394 e. The number of hydrogen-bond donors (Lipinski definition) is 1. The molecule has 64 valence electrons. The first kappa shape index (κ1) is 7.50. The lowest BCUT2D eigenvalue weighted by molar-refractivity contribution is 0.0996. The molecule has 0 radical (unpaired) electrons. The second-order valence-electron chi connectivity index (χ2n) is 3.73. The van der Waals surface area contributed by atoms with Crippen LogP contribution in [-0.4, -0.2) is 41.4 Å². The predicted octanol–water partition coefficient (Wildman–Crippen LogP) is 0.555. The van der Waals surface area contributed by atoms with Crippen LogP contribution in [0.25, 0.3) is 0 Å². The van der Waals surface area contributed by atoms with Gasteiger partial charge in [-0.25, -0.2) is 4.39 Å². The molecule has 11 heavy (non-hydrogen) atoms. The summed E-state index contributed by atoms with van der Waals surface area (Å²) in [5, 5.41) is 9.14. The maximum atomic E-state index is 12.9. The van der Waals surface area contributed by atoms with E-state index >= 15 is 0 Å². The first-order valence-corrected chi connectivity index (χ1v) is 4.27. The van der Waals surface area contributed by atoms with E-state index in [4.69, 9.17) is 5.11 Å². The van der Waals surface area contributed by atoms with E-state index in [1.54, 1.807) is 0 Å². The Hall–Kier alpha value is -0.150. The minimum absolute atomic E-state index is 0.132. The average molecular weight is 159 g/mol. The van der Waals surface area contributed by atoms with Gasteiger partial charge in [0.15, 0.2) is 0 Å². The van der Waals surface area contributed by atoms with Crippen LogP contribution in [0.1, 0.15) is 19.3 Å². The smallest absolute Gasteiger partial charge is 0.115 e. The molecular formula is C8H14FNO. The summed E-state index contributed by atoms with van der Waals surface area (Å²) in [7, 11) is 0. The molecule has 0 aromatic heterocycles. The number of aliphatic hydroxyl groups is 1. The first-order valence-electron chi connectivity index (χ1n) is 4.27. The highest BCUT2D eigenvalue weighted by Crippen LogP contribution is 2.39. The van der Waals surface area contributed by atoms with Crippen molar-refractivity contribution in [3.8, 4) is 0 Å². The lowest BCUT2D eigenvalue weighted by Crippen LogP contribution is -2.41. The molecule has 2 fully saturated rings. The van der Waals surface area contributed by atoms with Crippen molar-refractivity contribution in [3.05, 3.63) is 0 Å². The topological polar surface area (TPSA) is 23.5 Å². The zero-order chi connectivity index (χ0) is 7.90. The number of halogens is 1. The predicted molar refractivity (Wildman–Crippen MR) is 40.1 cm³/mol. The van der Waals surface area contributed by atoms with Gasteiger partial charge >= 0.3 is 0 Å². The van der Waals surface area contributed by atoms with Gasteiger partial charge in [-0.1, -0.05) is 0 Å². The normalized spacial score (nSPS) is 44.7. The van der Waals surface area contributed by atoms with Crippen molar-refractivity contribution in [1.82, 2.24) is 4.90 Å². The molecule has 0 aromatic carbocycles. The van der Waals surface area contributed by atoms with Crippen molar-refractivity contribution < 1.29 is 9.50 Å². The minimum atomic E-state index is -0.706. The highest BCUT2D eigenvalue weighted by atomic mass is 19.1. The van der Waals surface area contributed by atoms with E-state index in [0.717, 1.165) is 19.4 Å². The van der Waals surface area contributed by atoms with Gasteiger partial charge in [0.2, 0.25) is 0 Å². The van der Waals surface area contributed by atoms with Gasteiger partial charge in [-0.05, 0) is 19.4 Å². The van der Waals surface area contributed by atoms with Crippen LogP contribution < -0.4 is 0 Å². The maximum Gasteiger partial charge on any atom is 0.115 e. The van der Waals surface area contributed by atoms with Gasteiger partial charge in [-0.3, -0.25) is 4.90 Å². The average Bonchev–Trinajstić information content (AvgIpc) is 2.43. The SMILES string of the molecule is OC[C@@]12CCCN1C[C@@H](F)C2. The standard InChI is InChI=1S/C8H14FNO/c9-7-4-8(6-11)2-1-3-10(8)5-7/h7,11H,1-6H2/t7-,8-/m0/s1. The molecule has 1 N–H and O–H groups in total. The number of rotatable bonds is 1. The van der Waals surface area contributed by atoms with Gasteiger partial charge in [0, 0.05) is 18.5 Å². The molecule has 0 unspecified atom stereocenters. The summed E-state index contributed by atoms with van der Waals surface area (Å²) < 4.78 is 12.9. The van der Waals surface area contributed by atoms with Crippen LogP contribution in [0, 0.1) is 0 Å². The van der Waals surface area contributed by atoms with Gasteiger partial charge in [-0.15, -0.1) is 0 Å². The van der Waals surface area contributed by atoms with Crippen molar-refractivity contribution >= 4 is 0 Å². The zero-order valence-electron chi connectivity index (χ0n) is 6.59. The van der Waals surface area contributed by atoms with Crippen LogP contribution in [0.2, 0.25) is 0 Å². The number of hydrogen-bond acceptors (Lipinski definition) is 2. The quantitative estimate of drug-likeness (QED) is 0.604. The highest BCUT2D eigenvalue weighted by molar-refractivity contribution is 5.03. The number of alkyl halides is 1. The Morgan fingerprint density at radius 1 is 1.64 bits per heavy atom. The molecule has 2 saturated heterocycles. The molecule has 0 amide bonds. The fourth-order valence-corrected chi connectivity index (χ4v) is 2.47. The summed E-state index contributed by atoms with van der Waals surface area (Å²) >= 11 is 0. The molecule has 0 saturated carbocycles. The molecule has 2 aliphatic heterocycles. The van der Waals surface area contributed by atoms with E-state index in [1.165, 1.54) is 0 Å². The molecule has 2 rings (SSSR count). The van der Waals surface area contributed by atoms with E-state index in [-0.39, 0.29) is 12.1 Å². The fourth-order valence-electron chi connectivity index (χ4n) is 2.47. The summed E-state index contributed by atoms with van der Waals surface area (Å²) in [6, 6.07) is 0. The van der Waals surface area contributed by atoms with Crippen LogP contribution in [0.5, 0.6) is 0 Å². The van der Waals surface area contributed by atoms with Gasteiger partial charge in [0.25, 0.3) is 0 Å². The van der Waals surface area contributed by atoms with E-state index in [9.17, 15) is 4.39 Å². The number of fused-ring (bicyclic) bond motifs is 1. The van der Waals surface area contributed by atoms with E-state index < -0.39 is 6.17 Å². The molecule has 0 aliphatic carbocycles. The first-order chi connectivity index (χ1) is 5.27. The Morgan fingerprint density at radius 3 is 3.09 bits per heavy atom. The van der Waals surface area contributed by atoms with Crippen molar-refractivity contribution in [2.75, 3.05) is 19.7 Å². The molecule has 0 aromatic rings. The van der Waals surface area contributed by atoms with Crippen molar-refractivity contribution in [2.24, 2.45) is 0 Å². The monoisotopic (exact) mass is 159 g/mol. The highest BCUT2D eigenvalue weighted by Gasteiger charge is 2.47. The Bertz CT molecular complexity index is 164. The van der Waals surface area contributed by atoms with Crippen LogP contribution in [0.4, 0.5) is 4.39 Å². The molecule has 2 nitrogen and oxygen atoms in total. The summed E-state index contributed by atoms with van der Waals surface area (Å²) in [5.74, 6) is 0. The van der Waals surface area contributed by atoms with Gasteiger partial charge < -0.3 is 5.11 Å². The third kappa shape index (κ3) is 0.983. The fraction of sp³-hybridized carbons (Fsp3) is 1.00. The molecule has 0 spiro atoms. The summed E-state index contributed by atoms with van der Waals surface area (Å²) in [4.78, 5) is 2.11. The second-order valence-corrected chi connectivity index (χ2v) is 3.73. The van der Waals surface area contributed by atoms with Crippen LogP contribution >= 0.6 is 0 Å². The van der Waals surface area contributed by atoms with Gasteiger partial charge in [-0.2, -0.15) is 0 Å². The van der Waals surface area contributed by atoms with E-state index in [2.05, 4.69) is 4.90 Å². The Kier molecular flexibility index (Phi) is 1.65. The molecule has 3 heteroatoms. The van der Waals surface area contributed by atoms with E-state index in [1.807, 2.05) is 0 Å².